The maximum Gasteiger partial charge on any atom is 0.309 e. The number of sulfone groups is 1. The molecule has 2 rings (SSSR count). The largest absolute Gasteiger partial charge is 0.481 e. The molecule has 0 aromatic rings. The second-order valence-electron chi connectivity index (χ2n) is 6.73. The Morgan fingerprint density at radius 2 is 1.72 bits per heavy atom. The van der Waals surface area contributed by atoms with E-state index < -0.39 is 21.2 Å². The highest BCUT2D eigenvalue weighted by molar-refractivity contribution is 7.91. The fraction of sp³-hybridized carbons (Fsp3) is 0.923. The van der Waals surface area contributed by atoms with Crippen LogP contribution in [-0.4, -0.2) is 31.0 Å². The van der Waals surface area contributed by atoms with Gasteiger partial charge in [0.05, 0.1) is 16.9 Å². The molecule has 1 unspecified atom stereocenters. The summed E-state index contributed by atoms with van der Waals surface area (Å²) in [6, 6.07) is 0. The van der Waals surface area contributed by atoms with Crippen LogP contribution in [0.25, 0.3) is 0 Å². The number of carboxylic acids is 1. The van der Waals surface area contributed by atoms with Gasteiger partial charge in [0.1, 0.15) is 0 Å². The Morgan fingerprint density at radius 3 is 2.11 bits per heavy atom. The minimum Gasteiger partial charge on any atom is -0.481 e. The first-order valence-electron chi connectivity index (χ1n) is 6.61. The van der Waals surface area contributed by atoms with Crippen LogP contribution in [0, 0.1) is 16.7 Å². The van der Waals surface area contributed by atoms with Crippen LogP contribution in [0.15, 0.2) is 0 Å². The molecular formula is C13H22O4S. The van der Waals surface area contributed by atoms with Crippen molar-refractivity contribution in [3.8, 4) is 0 Å². The molecule has 18 heavy (non-hydrogen) atoms. The normalized spacial score (nSPS) is 33.1. The van der Waals surface area contributed by atoms with Gasteiger partial charge in [-0.05, 0) is 43.4 Å². The Bertz CT molecular complexity index is 440. The second kappa shape index (κ2) is 4.22. The number of hydrogen-bond donors (Lipinski definition) is 1. The van der Waals surface area contributed by atoms with Crippen LogP contribution in [0.4, 0.5) is 0 Å². The summed E-state index contributed by atoms with van der Waals surface area (Å²) in [6.07, 6.45) is 3.51. The van der Waals surface area contributed by atoms with Crippen LogP contribution < -0.4 is 0 Å². The first-order valence-corrected chi connectivity index (χ1v) is 8.43. The Hall–Kier alpha value is -0.580. The Kier molecular flexibility index (Phi) is 3.24. The number of aliphatic carboxylic acids is 1. The molecule has 1 aliphatic heterocycles. The lowest BCUT2D eigenvalue weighted by Gasteiger charge is -2.43. The summed E-state index contributed by atoms with van der Waals surface area (Å²) in [6.45, 7) is 4.31. The van der Waals surface area contributed by atoms with Gasteiger partial charge in [0.15, 0.2) is 9.84 Å². The first kappa shape index (κ1) is 13.8. The van der Waals surface area contributed by atoms with Crippen LogP contribution in [0.3, 0.4) is 0 Å². The highest BCUT2D eigenvalue weighted by atomic mass is 32.2. The van der Waals surface area contributed by atoms with E-state index in [9.17, 15) is 18.3 Å². The molecule has 5 heteroatoms. The molecule has 1 heterocycles. The van der Waals surface area contributed by atoms with Gasteiger partial charge in [0.25, 0.3) is 0 Å². The van der Waals surface area contributed by atoms with Crippen LogP contribution in [0.1, 0.15) is 46.0 Å². The molecule has 2 aliphatic rings. The fourth-order valence-electron chi connectivity index (χ4n) is 3.40. The smallest absolute Gasteiger partial charge is 0.309 e. The molecule has 1 N–H and O–H groups in total. The Labute approximate surface area is 109 Å². The molecule has 4 nitrogen and oxygen atoms in total. The van der Waals surface area contributed by atoms with Crippen molar-refractivity contribution >= 4 is 15.8 Å². The van der Waals surface area contributed by atoms with Gasteiger partial charge in [0.2, 0.25) is 0 Å². The molecule has 104 valence electrons. The van der Waals surface area contributed by atoms with Crippen molar-refractivity contribution in [3.63, 3.8) is 0 Å². The van der Waals surface area contributed by atoms with Gasteiger partial charge in [-0.15, -0.1) is 0 Å². The van der Waals surface area contributed by atoms with Crippen molar-refractivity contribution in [1.82, 2.24) is 0 Å². The van der Waals surface area contributed by atoms with Crippen molar-refractivity contribution in [3.05, 3.63) is 0 Å². The molecule has 0 bridgehead atoms. The molecule has 0 amide bonds. The molecule has 0 spiro atoms. The molecule has 1 saturated carbocycles. The third kappa shape index (κ3) is 2.42. The van der Waals surface area contributed by atoms with Crippen LogP contribution >= 0.6 is 0 Å². The van der Waals surface area contributed by atoms with E-state index in [-0.39, 0.29) is 22.8 Å². The summed E-state index contributed by atoms with van der Waals surface area (Å²) >= 11 is 0. The SMILES string of the molecule is CC1(C)CCC(C(=O)O)(C2CCS(=O)(=O)C2)CC1. The minimum atomic E-state index is -3.01. The molecule has 1 atom stereocenters. The zero-order valence-corrected chi connectivity index (χ0v) is 11.9. The zero-order chi connectivity index (χ0) is 13.6. The number of rotatable bonds is 2. The highest BCUT2D eigenvalue weighted by Crippen LogP contribution is 2.51. The van der Waals surface area contributed by atoms with E-state index in [1.165, 1.54) is 0 Å². The van der Waals surface area contributed by atoms with Crippen molar-refractivity contribution in [1.29, 1.82) is 0 Å². The lowest BCUT2D eigenvalue weighted by atomic mass is 9.60. The van der Waals surface area contributed by atoms with E-state index in [4.69, 9.17) is 0 Å². The van der Waals surface area contributed by atoms with Gasteiger partial charge >= 0.3 is 5.97 Å². The van der Waals surface area contributed by atoms with E-state index in [1.807, 2.05) is 0 Å². The summed E-state index contributed by atoms with van der Waals surface area (Å²) in [5, 5.41) is 9.59. The molecule has 0 aromatic heterocycles. The van der Waals surface area contributed by atoms with Crippen LogP contribution in [0.2, 0.25) is 0 Å². The van der Waals surface area contributed by atoms with E-state index in [0.717, 1.165) is 12.8 Å². The monoisotopic (exact) mass is 274 g/mol. The van der Waals surface area contributed by atoms with E-state index in [2.05, 4.69) is 13.8 Å². The van der Waals surface area contributed by atoms with Crippen molar-refractivity contribution in [2.24, 2.45) is 16.7 Å². The fourth-order valence-corrected chi connectivity index (χ4v) is 5.31. The van der Waals surface area contributed by atoms with Gasteiger partial charge in [-0.25, -0.2) is 8.42 Å². The Balaban J connectivity index is 2.22. The predicted molar refractivity (Wildman–Crippen MR) is 69.1 cm³/mol. The van der Waals surface area contributed by atoms with Crippen molar-refractivity contribution in [2.45, 2.75) is 46.0 Å². The third-order valence-electron chi connectivity index (χ3n) is 4.94. The van der Waals surface area contributed by atoms with Crippen LogP contribution in [0.5, 0.6) is 0 Å². The topological polar surface area (TPSA) is 71.4 Å². The molecule has 1 aliphatic carbocycles. The third-order valence-corrected chi connectivity index (χ3v) is 6.70. The van der Waals surface area contributed by atoms with Gasteiger partial charge in [0, 0.05) is 0 Å². The summed E-state index contributed by atoms with van der Waals surface area (Å²) in [5.74, 6) is -0.744. The van der Waals surface area contributed by atoms with E-state index in [1.54, 1.807) is 0 Å². The number of carboxylic acid groups (broad SMARTS) is 1. The van der Waals surface area contributed by atoms with Gasteiger partial charge in [-0.2, -0.15) is 0 Å². The summed E-state index contributed by atoms with van der Waals surface area (Å²) in [5.41, 5.74) is -0.602. The number of carbonyl (C=O) groups is 1. The maximum atomic E-state index is 11.7. The molecule has 1 saturated heterocycles. The maximum absolute atomic E-state index is 11.7. The molecular weight excluding hydrogens is 252 g/mol. The van der Waals surface area contributed by atoms with Crippen molar-refractivity contribution < 1.29 is 18.3 Å². The van der Waals surface area contributed by atoms with E-state index >= 15 is 0 Å². The molecule has 2 fully saturated rings. The Morgan fingerprint density at radius 1 is 1.17 bits per heavy atom. The van der Waals surface area contributed by atoms with Gasteiger partial charge in [-0.1, -0.05) is 13.8 Å². The standard InChI is InChI=1S/C13H22O4S/c1-12(2)4-6-13(7-5-12,11(14)15)10-3-8-18(16,17)9-10/h10H,3-9H2,1-2H3,(H,14,15). The minimum absolute atomic E-state index is 0.0692. The van der Waals surface area contributed by atoms with Crippen molar-refractivity contribution in [2.75, 3.05) is 11.5 Å². The summed E-state index contributed by atoms with van der Waals surface area (Å²) in [4.78, 5) is 11.7. The molecule has 0 aromatic carbocycles. The lowest BCUT2D eigenvalue weighted by Crippen LogP contribution is -2.44. The first-order chi connectivity index (χ1) is 8.17. The zero-order valence-electron chi connectivity index (χ0n) is 11.1. The van der Waals surface area contributed by atoms with Crippen LogP contribution in [-0.2, 0) is 14.6 Å². The highest BCUT2D eigenvalue weighted by Gasteiger charge is 2.52. The average Bonchev–Trinajstić information content (AvgIpc) is 2.59. The summed E-state index contributed by atoms with van der Waals surface area (Å²) in [7, 11) is -3.01. The number of hydrogen-bond acceptors (Lipinski definition) is 3. The van der Waals surface area contributed by atoms with Gasteiger partial charge < -0.3 is 5.11 Å². The van der Waals surface area contributed by atoms with E-state index in [0.29, 0.717) is 19.3 Å². The molecule has 0 radical (unpaired) electrons. The second-order valence-corrected chi connectivity index (χ2v) is 8.95. The summed E-state index contributed by atoms with van der Waals surface area (Å²) < 4.78 is 23.2. The predicted octanol–water partition coefficient (Wildman–Crippen LogP) is 2.09. The quantitative estimate of drug-likeness (QED) is 0.837. The van der Waals surface area contributed by atoms with Gasteiger partial charge in [-0.3, -0.25) is 4.79 Å². The lowest BCUT2D eigenvalue weighted by molar-refractivity contribution is -0.156. The average molecular weight is 274 g/mol.